The van der Waals surface area contributed by atoms with Crippen LogP contribution in [0, 0.1) is 0 Å². The van der Waals surface area contributed by atoms with E-state index in [4.69, 9.17) is 9.47 Å². The number of nitrogens with zero attached hydrogens (tertiary/aromatic N) is 2. The van der Waals surface area contributed by atoms with Crippen LogP contribution in [0.1, 0.15) is 24.5 Å². The molecule has 29 heavy (non-hydrogen) atoms. The van der Waals surface area contributed by atoms with Gasteiger partial charge < -0.3 is 24.3 Å². The smallest absolute Gasteiger partial charge is 0.322 e. The molecule has 0 saturated carbocycles. The van der Waals surface area contributed by atoms with Gasteiger partial charge in [-0.3, -0.25) is 0 Å². The molecule has 2 heterocycles. The normalized spacial score (nSPS) is 13.3. The number of carbonyl (C=O) groups is 1. The summed E-state index contributed by atoms with van der Waals surface area (Å²) in [4.78, 5) is 14.8. The Morgan fingerprint density at radius 2 is 1.93 bits per heavy atom. The molecular formula is C23H27N3O3. The number of ether oxygens (including phenoxy) is 2. The van der Waals surface area contributed by atoms with Crippen LogP contribution in [0.25, 0.3) is 10.9 Å². The van der Waals surface area contributed by atoms with Crippen molar-refractivity contribution >= 4 is 22.6 Å². The number of aryl methyl sites for hydroxylation is 1. The van der Waals surface area contributed by atoms with E-state index in [-0.39, 0.29) is 6.03 Å². The summed E-state index contributed by atoms with van der Waals surface area (Å²) in [7, 11) is 3.18. The van der Waals surface area contributed by atoms with Crippen molar-refractivity contribution in [1.29, 1.82) is 0 Å². The number of anilines is 1. The van der Waals surface area contributed by atoms with Gasteiger partial charge in [0.2, 0.25) is 0 Å². The van der Waals surface area contributed by atoms with Crippen LogP contribution in [0.2, 0.25) is 0 Å². The summed E-state index contributed by atoms with van der Waals surface area (Å²) in [6, 6.07) is 11.7. The van der Waals surface area contributed by atoms with Gasteiger partial charge in [-0.15, -0.1) is 0 Å². The van der Waals surface area contributed by atoms with Gasteiger partial charge in [0, 0.05) is 48.5 Å². The molecule has 6 nitrogen and oxygen atoms in total. The standard InChI is InChI=1S/C23H27N3O3/c1-4-11-25-14-17-10-12-26(15-16-6-5-7-19(25)22(16)17)23(27)24-18-8-9-20(28-2)21(13-18)29-3/h5-9,13-14H,4,10-12,15H2,1-3H3,(H,24,27). The van der Waals surface area contributed by atoms with Crippen LogP contribution in [0.3, 0.4) is 0 Å². The second-order valence-electron chi connectivity index (χ2n) is 7.33. The Hall–Kier alpha value is -3.15. The summed E-state index contributed by atoms with van der Waals surface area (Å²) in [5.41, 5.74) is 4.47. The third-order valence-electron chi connectivity index (χ3n) is 5.47. The highest BCUT2D eigenvalue weighted by Crippen LogP contribution is 2.31. The minimum Gasteiger partial charge on any atom is -0.493 e. The number of benzene rings is 2. The Morgan fingerprint density at radius 1 is 1.10 bits per heavy atom. The lowest BCUT2D eigenvalue weighted by molar-refractivity contribution is 0.210. The van der Waals surface area contributed by atoms with Crippen LogP contribution < -0.4 is 14.8 Å². The van der Waals surface area contributed by atoms with Gasteiger partial charge >= 0.3 is 6.03 Å². The number of hydrogen-bond acceptors (Lipinski definition) is 3. The number of amides is 2. The Labute approximate surface area is 171 Å². The van der Waals surface area contributed by atoms with E-state index in [1.165, 1.54) is 22.0 Å². The van der Waals surface area contributed by atoms with Crippen molar-refractivity contribution in [1.82, 2.24) is 9.47 Å². The maximum atomic E-state index is 13.0. The average molecular weight is 393 g/mol. The maximum absolute atomic E-state index is 13.0. The lowest BCUT2D eigenvalue weighted by atomic mass is 10.1. The maximum Gasteiger partial charge on any atom is 0.322 e. The number of urea groups is 1. The molecule has 0 fully saturated rings. The molecule has 2 aromatic carbocycles. The molecule has 0 atom stereocenters. The van der Waals surface area contributed by atoms with Crippen molar-refractivity contribution in [2.45, 2.75) is 32.9 Å². The van der Waals surface area contributed by atoms with Crippen molar-refractivity contribution < 1.29 is 14.3 Å². The summed E-state index contributed by atoms with van der Waals surface area (Å²) < 4.78 is 12.9. The van der Waals surface area contributed by atoms with Gasteiger partial charge in [-0.05, 0) is 42.2 Å². The van der Waals surface area contributed by atoms with Gasteiger partial charge in [0.25, 0.3) is 0 Å². The molecule has 0 radical (unpaired) electrons. The second kappa shape index (κ2) is 8.07. The zero-order chi connectivity index (χ0) is 20.4. The number of rotatable bonds is 5. The minimum atomic E-state index is -0.110. The summed E-state index contributed by atoms with van der Waals surface area (Å²) in [5, 5.41) is 4.30. The first kappa shape index (κ1) is 19.2. The number of hydrogen-bond donors (Lipinski definition) is 1. The fourth-order valence-electron chi connectivity index (χ4n) is 4.10. The fourth-order valence-corrected chi connectivity index (χ4v) is 4.10. The molecule has 4 rings (SSSR count). The van der Waals surface area contributed by atoms with E-state index < -0.39 is 0 Å². The Bertz CT molecular complexity index is 1040. The van der Waals surface area contributed by atoms with Crippen molar-refractivity contribution in [2.75, 3.05) is 26.1 Å². The molecule has 0 saturated heterocycles. The molecule has 1 aliphatic heterocycles. The van der Waals surface area contributed by atoms with Crippen LogP contribution in [-0.2, 0) is 19.5 Å². The molecule has 1 N–H and O–H groups in total. The quantitative estimate of drug-likeness (QED) is 0.686. The first-order valence-electron chi connectivity index (χ1n) is 10.0. The summed E-state index contributed by atoms with van der Waals surface area (Å²) >= 11 is 0. The molecule has 6 heteroatoms. The third kappa shape index (κ3) is 3.62. The highest BCUT2D eigenvalue weighted by atomic mass is 16.5. The zero-order valence-corrected chi connectivity index (χ0v) is 17.2. The van der Waals surface area contributed by atoms with E-state index in [1.807, 2.05) is 11.0 Å². The topological polar surface area (TPSA) is 55.7 Å². The molecule has 0 unspecified atom stereocenters. The molecule has 3 aromatic rings. The summed E-state index contributed by atoms with van der Waals surface area (Å²) in [6.07, 6.45) is 4.21. The molecule has 1 aliphatic rings. The Morgan fingerprint density at radius 3 is 2.69 bits per heavy atom. The van der Waals surface area contributed by atoms with Crippen LogP contribution >= 0.6 is 0 Å². The molecule has 0 aliphatic carbocycles. The van der Waals surface area contributed by atoms with Gasteiger partial charge in [-0.25, -0.2) is 4.79 Å². The molecule has 152 valence electrons. The van der Waals surface area contributed by atoms with Gasteiger partial charge in [-0.1, -0.05) is 19.1 Å². The number of methoxy groups -OCH3 is 2. The van der Waals surface area contributed by atoms with E-state index in [1.54, 1.807) is 26.4 Å². The van der Waals surface area contributed by atoms with Crippen molar-refractivity contribution in [3.05, 3.63) is 53.7 Å². The van der Waals surface area contributed by atoms with Crippen LogP contribution in [0.5, 0.6) is 11.5 Å². The van der Waals surface area contributed by atoms with Crippen LogP contribution in [0.15, 0.2) is 42.6 Å². The average Bonchev–Trinajstić information content (AvgIpc) is 2.97. The lowest BCUT2D eigenvalue weighted by Gasteiger charge is -2.22. The molecular weight excluding hydrogens is 366 g/mol. The predicted molar refractivity (Wildman–Crippen MR) is 115 cm³/mol. The first-order valence-corrected chi connectivity index (χ1v) is 10.0. The van der Waals surface area contributed by atoms with Crippen molar-refractivity contribution in [3.63, 3.8) is 0 Å². The predicted octanol–water partition coefficient (Wildman–Crippen LogP) is 4.66. The monoisotopic (exact) mass is 393 g/mol. The van der Waals surface area contributed by atoms with Gasteiger partial charge in [-0.2, -0.15) is 0 Å². The fraction of sp³-hybridized carbons (Fsp3) is 0.348. The van der Waals surface area contributed by atoms with Crippen molar-refractivity contribution in [3.8, 4) is 11.5 Å². The summed E-state index contributed by atoms with van der Waals surface area (Å²) in [6.45, 7) is 4.49. The van der Waals surface area contributed by atoms with E-state index >= 15 is 0 Å². The van der Waals surface area contributed by atoms with E-state index in [9.17, 15) is 4.79 Å². The van der Waals surface area contributed by atoms with Gasteiger partial charge in [0.05, 0.1) is 14.2 Å². The first-order chi connectivity index (χ1) is 14.1. The molecule has 2 amide bonds. The van der Waals surface area contributed by atoms with Crippen molar-refractivity contribution in [2.24, 2.45) is 0 Å². The zero-order valence-electron chi connectivity index (χ0n) is 17.2. The largest absolute Gasteiger partial charge is 0.493 e. The lowest BCUT2D eigenvalue weighted by Crippen LogP contribution is -2.35. The Kier molecular flexibility index (Phi) is 5.34. The Balaban J connectivity index is 1.56. The SMILES string of the molecule is CCCn1cc2c3c(cccc31)CN(C(=O)Nc1ccc(OC)c(OC)c1)CC2. The number of aromatic nitrogens is 1. The minimum absolute atomic E-state index is 0.110. The molecule has 0 spiro atoms. The van der Waals surface area contributed by atoms with E-state index in [0.29, 0.717) is 30.3 Å². The highest BCUT2D eigenvalue weighted by Gasteiger charge is 2.22. The number of carbonyl (C=O) groups excluding carboxylic acids is 1. The second-order valence-corrected chi connectivity index (χ2v) is 7.33. The van der Waals surface area contributed by atoms with E-state index in [0.717, 1.165) is 19.4 Å². The molecule has 0 bridgehead atoms. The third-order valence-corrected chi connectivity index (χ3v) is 5.47. The van der Waals surface area contributed by atoms with Crippen LogP contribution in [-0.4, -0.2) is 36.3 Å². The summed E-state index contributed by atoms with van der Waals surface area (Å²) in [5.74, 6) is 1.22. The highest BCUT2D eigenvalue weighted by molar-refractivity contribution is 5.92. The van der Waals surface area contributed by atoms with Gasteiger partial charge in [0.1, 0.15) is 0 Å². The number of nitrogens with one attached hydrogen (secondary N) is 1. The van der Waals surface area contributed by atoms with Crippen LogP contribution in [0.4, 0.5) is 10.5 Å². The van der Waals surface area contributed by atoms with E-state index in [2.05, 4.69) is 41.2 Å². The van der Waals surface area contributed by atoms with Gasteiger partial charge in [0.15, 0.2) is 11.5 Å². The molecule has 1 aromatic heterocycles.